The first-order valence-electron chi connectivity index (χ1n) is 7.44. The third-order valence-corrected chi connectivity index (χ3v) is 4.25. The minimum atomic E-state index is -0.407. The van der Waals surface area contributed by atoms with Crippen LogP contribution in [0.15, 0.2) is 17.2 Å². The van der Waals surface area contributed by atoms with Crippen LogP contribution in [0.4, 0.5) is 5.82 Å². The van der Waals surface area contributed by atoms with Crippen LogP contribution in [-0.4, -0.2) is 57.7 Å². The van der Waals surface area contributed by atoms with Gasteiger partial charge in [0.15, 0.2) is 5.82 Å². The molecule has 0 N–H and O–H groups in total. The number of carbonyl (C=O) groups excluding carboxylic acids is 1. The molecule has 0 atom stereocenters. The molecule has 2 aliphatic rings. The number of aryl methyl sites for hydroxylation is 1. The Morgan fingerprint density at radius 2 is 1.95 bits per heavy atom. The number of rotatable bonds is 1. The molecule has 2 fully saturated rings. The number of hydrogen-bond donors (Lipinski definition) is 0. The minimum Gasteiger partial charge on any atom is -0.362 e. The second-order valence-corrected chi connectivity index (χ2v) is 6.94. The van der Waals surface area contributed by atoms with Crippen molar-refractivity contribution in [3.8, 4) is 0 Å². The van der Waals surface area contributed by atoms with Gasteiger partial charge in [-0.1, -0.05) is 0 Å². The molecule has 0 aliphatic carbocycles. The monoisotopic (exact) mass is 306 g/mol. The molecule has 1 aromatic heterocycles. The van der Waals surface area contributed by atoms with Crippen LogP contribution in [0.25, 0.3) is 0 Å². The SMILES string of the molecule is CC(=O)N1CC(C)(C)OC2(C1)CN(c1nccn(C)c1=O)C2. The van der Waals surface area contributed by atoms with E-state index in [2.05, 4.69) is 4.98 Å². The molecule has 0 saturated carbocycles. The van der Waals surface area contributed by atoms with E-state index >= 15 is 0 Å². The number of ether oxygens (including phenoxy) is 1. The first-order valence-corrected chi connectivity index (χ1v) is 7.44. The molecule has 22 heavy (non-hydrogen) atoms. The lowest BCUT2D eigenvalue weighted by atomic mass is 9.88. The van der Waals surface area contributed by atoms with Crippen LogP contribution in [0, 0.1) is 0 Å². The van der Waals surface area contributed by atoms with E-state index in [1.54, 1.807) is 26.4 Å². The highest BCUT2D eigenvalue weighted by Crippen LogP contribution is 2.36. The summed E-state index contributed by atoms with van der Waals surface area (Å²) < 4.78 is 7.74. The smallest absolute Gasteiger partial charge is 0.293 e. The average molecular weight is 306 g/mol. The number of carbonyl (C=O) groups is 1. The van der Waals surface area contributed by atoms with Gasteiger partial charge in [0.2, 0.25) is 5.91 Å². The summed E-state index contributed by atoms with van der Waals surface area (Å²) in [5.74, 6) is 0.500. The van der Waals surface area contributed by atoms with Gasteiger partial charge in [-0.3, -0.25) is 9.59 Å². The molecule has 7 heteroatoms. The van der Waals surface area contributed by atoms with Crippen molar-refractivity contribution in [1.82, 2.24) is 14.5 Å². The third-order valence-electron chi connectivity index (χ3n) is 4.25. The molecule has 0 unspecified atom stereocenters. The first kappa shape index (κ1) is 15.0. The number of aromatic nitrogens is 2. The molecule has 2 aliphatic heterocycles. The topological polar surface area (TPSA) is 67.7 Å². The summed E-state index contributed by atoms with van der Waals surface area (Å²) >= 11 is 0. The second kappa shape index (κ2) is 4.81. The summed E-state index contributed by atoms with van der Waals surface area (Å²) in [6, 6.07) is 0. The molecule has 3 heterocycles. The zero-order valence-corrected chi connectivity index (χ0v) is 13.5. The standard InChI is InChI=1S/C15H22N4O3/c1-11(20)18-7-14(2,3)22-15(8-18)9-19(10-15)12-13(21)17(4)6-5-16-12/h5-6H,7-10H2,1-4H3. The Balaban J connectivity index is 1.79. The maximum atomic E-state index is 12.1. The van der Waals surface area contributed by atoms with Crippen LogP contribution < -0.4 is 10.5 Å². The van der Waals surface area contributed by atoms with Crippen molar-refractivity contribution in [2.75, 3.05) is 31.1 Å². The molecule has 3 rings (SSSR count). The zero-order valence-electron chi connectivity index (χ0n) is 13.5. The van der Waals surface area contributed by atoms with E-state index in [-0.39, 0.29) is 17.1 Å². The maximum Gasteiger partial charge on any atom is 0.293 e. The van der Waals surface area contributed by atoms with Crippen molar-refractivity contribution < 1.29 is 9.53 Å². The van der Waals surface area contributed by atoms with Crippen LogP contribution in [-0.2, 0) is 16.6 Å². The number of nitrogens with zero attached hydrogens (tertiary/aromatic N) is 4. The average Bonchev–Trinajstić information content (AvgIpc) is 2.37. The van der Waals surface area contributed by atoms with Crippen LogP contribution in [0.1, 0.15) is 20.8 Å². The predicted molar refractivity (Wildman–Crippen MR) is 81.8 cm³/mol. The zero-order chi connectivity index (χ0) is 16.1. The van der Waals surface area contributed by atoms with Crippen LogP contribution in [0.2, 0.25) is 0 Å². The lowest BCUT2D eigenvalue weighted by Gasteiger charge is -2.58. The van der Waals surface area contributed by atoms with Gasteiger partial charge in [0, 0.05) is 32.9 Å². The fourth-order valence-electron chi connectivity index (χ4n) is 3.40. The van der Waals surface area contributed by atoms with Crippen molar-refractivity contribution in [3.63, 3.8) is 0 Å². The van der Waals surface area contributed by atoms with Crippen LogP contribution in [0.5, 0.6) is 0 Å². The van der Waals surface area contributed by atoms with E-state index in [1.807, 2.05) is 23.6 Å². The summed E-state index contributed by atoms with van der Waals surface area (Å²) in [6.45, 7) is 7.88. The van der Waals surface area contributed by atoms with Gasteiger partial charge in [-0.15, -0.1) is 0 Å². The summed E-state index contributed by atoms with van der Waals surface area (Å²) in [5.41, 5.74) is -0.906. The van der Waals surface area contributed by atoms with Gasteiger partial charge in [0.05, 0.1) is 25.2 Å². The van der Waals surface area contributed by atoms with Gasteiger partial charge >= 0.3 is 0 Å². The molecule has 120 valence electrons. The van der Waals surface area contributed by atoms with E-state index in [0.29, 0.717) is 32.0 Å². The van der Waals surface area contributed by atoms with Gasteiger partial charge in [-0.05, 0) is 13.8 Å². The largest absolute Gasteiger partial charge is 0.362 e. The molecular weight excluding hydrogens is 284 g/mol. The lowest BCUT2D eigenvalue weighted by molar-refractivity contribution is -0.207. The number of morpholine rings is 1. The highest BCUT2D eigenvalue weighted by atomic mass is 16.5. The van der Waals surface area contributed by atoms with Crippen LogP contribution in [0.3, 0.4) is 0 Å². The van der Waals surface area contributed by atoms with Gasteiger partial charge in [-0.2, -0.15) is 0 Å². The highest BCUT2D eigenvalue weighted by molar-refractivity contribution is 5.73. The second-order valence-electron chi connectivity index (χ2n) is 6.94. The Labute approximate surface area is 129 Å². The number of amides is 1. The quantitative estimate of drug-likeness (QED) is 0.730. The number of hydrogen-bond acceptors (Lipinski definition) is 5. The molecule has 0 aromatic carbocycles. The van der Waals surface area contributed by atoms with E-state index in [0.717, 1.165) is 0 Å². The first-order chi connectivity index (χ1) is 10.2. The van der Waals surface area contributed by atoms with Gasteiger partial charge < -0.3 is 19.1 Å². The summed E-state index contributed by atoms with van der Waals surface area (Å²) in [7, 11) is 1.71. The van der Waals surface area contributed by atoms with Crippen molar-refractivity contribution in [2.24, 2.45) is 7.05 Å². The van der Waals surface area contributed by atoms with Gasteiger partial charge in [0.25, 0.3) is 5.56 Å². The van der Waals surface area contributed by atoms with Crippen molar-refractivity contribution in [3.05, 3.63) is 22.7 Å². The fraction of sp³-hybridized carbons (Fsp3) is 0.667. The summed E-state index contributed by atoms with van der Waals surface area (Å²) in [6.07, 6.45) is 3.26. The maximum absolute atomic E-state index is 12.1. The third kappa shape index (κ3) is 2.49. The van der Waals surface area contributed by atoms with E-state index in [1.165, 1.54) is 4.57 Å². The van der Waals surface area contributed by atoms with E-state index in [9.17, 15) is 9.59 Å². The Morgan fingerprint density at radius 1 is 1.27 bits per heavy atom. The molecular formula is C15H22N4O3. The molecule has 1 aromatic rings. The minimum absolute atomic E-state index is 0.0583. The van der Waals surface area contributed by atoms with E-state index < -0.39 is 5.60 Å². The molecule has 0 bridgehead atoms. The molecule has 2 saturated heterocycles. The van der Waals surface area contributed by atoms with Gasteiger partial charge in [0.1, 0.15) is 5.60 Å². The van der Waals surface area contributed by atoms with Crippen LogP contribution >= 0.6 is 0 Å². The molecule has 1 amide bonds. The summed E-state index contributed by atoms with van der Waals surface area (Å²) in [5, 5.41) is 0. The predicted octanol–water partition coefficient (Wildman–Crippen LogP) is -0.00360. The fourth-order valence-corrected chi connectivity index (χ4v) is 3.40. The van der Waals surface area contributed by atoms with Crippen molar-refractivity contribution in [1.29, 1.82) is 0 Å². The highest BCUT2D eigenvalue weighted by Gasteiger charge is 2.53. The molecule has 7 nitrogen and oxygen atoms in total. The number of anilines is 1. The normalized spacial score (nSPS) is 22.5. The van der Waals surface area contributed by atoms with Gasteiger partial charge in [-0.25, -0.2) is 4.98 Å². The Morgan fingerprint density at radius 3 is 2.59 bits per heavy atom. The lowest BCUT2D eigenvalue weighted by Crippen LogP contribution is -2.74. The Hall–Kier alpha value is -1.89. The Bertz CT molecular complexity index is 661. The summed E-state index contributed by atoms with van der Waals surface area (Å²) in [4.78, 5) is 31.8. The van der Waals surface area contributed by atoms with E-state index in [4.69, 9.17) is 4.74 Å². The van der Waals surface area contributed by atoms with Crippen molar-refractivity contribution in [2.45, 2.75) is 32.0 Å². The molecule has 1 spiro atoms. The van der Waals surface area contributed by atoms with Crippen molar-refractivity contribution >= 4 is 11.7 Å². The molecule has 0 radical (unpaired) electrons. The Kier molecular flexibility index (Phi) is 3.28.